The number of epoxide rings is 1. The predicted octanol–water partition coefficient (Wildman–Crippen LogP) is 8.26. The van der Waals surface area contributed by atoms with E-state index in [-0.39, 0.29) is 35.7 Å². The quantitative estimate of drug-likeness (QED) is 0.166. The minimum Gasteiger partial charge on any atom is -0.446 e. The summed E-state index contributed by atoms with van der Waals surface area (Å²) in [4.78, 5) is 28.5. The van der Waals surface area contributed by atoms with Crippen molar-refractivity contribution in [2.45, 2.75) is 102 Å². The molecule has 6 rings (SSSR count). The van der Waals surface area contributed by atoms with Crippen molar-refractivity contribution in [2.24, 2.45) is 0 Å². The summed E-state index contributed by atoms with van der Waals surface area (Å²) in [6.45, 7) is 11.6. The molecule has 0 aromatic heterocycles. The molecule has 250 valence electrons. The van der Waals surface area contributed by atoms with Crippen molar-refractivity contribution < 1.29 is 23.5 Å². The second kappa shape index (κ2) is 13.4. The Bertz CT molecular complexity index is 1610. The Kier molecular flexibility index (Phi) is 9.57. The molecular formula is C37H46ClN3O5Si. The van der Waals surface area contributed by atoms with Crippen LogP contribution in [0, 0.1) is 0 Å². The highest BCUT2D eigenvalue weighted by Gasteiger charge is 2.62. The van der Waals surface area contributed by atoms with E-state index in [0.717, 1.165) is 35.1 Å². The van der Waals surface area contributed by atoms with Crippen LogP contribution in [0.15, 0.2) is 66.7 Å². The zero-order chi connectivity index (χ0) is 33.5. The van der Waals surface area contributed by atoms with Gasteiger partial charge in [-0.25, -0.2) is 4.79 Å². The first-order valence-corrected chi connectivity index (χ1v) is 19.8. The molecule has 8 nitrogen and oxygen atoms in total. The fourth-order valence-electron chi connectivity index (χ4n) is 6.51. The number of hydrogen-bond donors (Lipinski definition) is 2. The average molecular weight is 676 g/mol. The maximum Gasteiger partial charge on any atom is 0.411 e. The molecule has 3 aliphatic heterocycles. The largest absolute Gasteiger partial charge is 0.446 e. The van der Waals surface area contributed by atoms with Crippen LogP contribution in [0.2, 0.25) is 23.2 Å². The summed E-state index contributed by atoms with van der Waals surface area (Å²) in [6.07, 6.45) is 2.25. The van der Waals surface area contributed by atoms with Crippen molar-refractivity contribution in [3.8, 4) is 11.1 Å². The van der Waals surface area contributed by atoms with Gasteiger partial charge in [0.25, 0.3) is 0 Å². The molecule has 3 aromatic carbocycles. The van der Waals surface area contributed by atoms with E-state index in [4.69, 9.17) is 25.5 Å². The van der Waals surface area contributed by atoms with Gasteiger partial charge in [-0.05, 0) is 66.5 Å². The smallest absolute Gasteiger partial charge is 0.411 e. The molecule has 0 aliphatic carbocycles. The van der Waals surface area contributed by atoms with Gasteiger partial charge < -0.3 is 19.2 Å². The molecule has 2 N–H and O–H groups in total. The van der Waals surface area contributed by atoms with Gasteiger partial charge in [-0.1, -0.05) is 80.9 Å². The Hall–Kier alpha value is -3.21. The maximum absolute atomic E-state index is 13.2. The molecule has 0 spiro atoms. The Labute approximate surface area is 284 Å². The van der Waals surface area contributed by atoms with Crippen LogP contribution in [0.1, 0.15) is 51.2 Å². The number of carbonyl (C=O) groups is 2. The monoisotopic (exact) mass is 675 g/mol. The van der Waals surface area contributed by atoms with Gasteiger partial charge in [-0.15, -0.1) is 0 Å². The van der Waals surface area contributed by atoms with E-state index in [1.165, 1.54) is 0 Å². The molecule has 2 amide bonds. The lowest BCUT2D eigenvalue weighted by Crippen LogP contribution is -2.48. The summed E-state index contributed by atoms with van der Waals surface area (Å²) in [5.74, 6) is -0.142. The van der Waals surface area contributed by atoms with E-state index < -0.39 is 14.4 Å². The van der Waals surface area contributed by atoms with E-state index in [2.05, 4.69) is 56.4 Å². The summed E-state index contributed by atoms with van der Waals surface area (Å²) in [6, 6.07) is 22.1. The van der Waals surface area contributed by atoms with Crippen molar-refractivity contribution in [3.63, 3.8) is 0 Å². The van der Waals surface area contributed by atoms with Gasteiger partial charge in [0.15, 0.2) is 8.32 Å². The fourth-order valence-corrected chi connectivity index (χ4v) is 7.72. The third-order valence-electron chi connectivity index (χ3n) is 10.4. The summed E-state index contributed by atoms with van der Waals surface area (Å²) < 4.78 is 18.1. The van der Waals surface area contributed by atoms with Crippen molar-refractivity contribution in [3.05, 3.63) is 82.9 Å². The number of ether oxygens (including phenoxy) is 2. The SMILES string of the molecule is CN1C2CC(OC(=O)Nc3cc(CCC(=O)Nc4ccc(CO[Si](C)(C)C(C)(C)C)cc4Cl)ccc3-c3ccccc3)CC1C1OC12. The number of piperidine rings is 1. The van der Waals surface area contributed by atoms with Crippen LogP contribution in [-0.4, -0.2) is 62.7 Å². The van der Waals surface area contributed by atoms with Crippen molar-refractivity contribution >= 4 is 43.3 Å². The van der Waals surface area contributed by atoms with Gasteiger partial charge in [-0.2, -0.15) is 0 Å². The molecule has 3 aliphatic rings. The normalized spacial score (nSPS) is 23.6. The van der Waals surface area contributed by atoms with Gasteiger partial charge in [0.2, 0.25) is 5.91 Å². The van der Waals surface area contributed by atoms with Crippen LogP contribution in [0.5, 0.6) is 0 Å². The summed E-state index contributed by atoms with van der Waals surface area (Å²) >= 11 is 6.56. The molecule has 3 heterocycles. The Morgan fingerprint density at radius 2 is 1.62 bits per heavy atom. The second-order valence-corrected chi connectivity index (χ2v) is 19.9. The lowest BCUT2D eigenvalue weighted by Gasteiger charge is -2.37. The second-order valence-electron chi connectivity index (χ2n) is 14.6. The molecule has 3 saturated heterocycles. The van der Waals surface area contributed by atoms with Crippen LogP contribution >= 0.6 is 11.6 Å². The Balaban J connectivity index is 1.07. The number of rotatable bonds is 10. The van der Waals surface area contributed by atoms with E-state index in [0.29, 0.717) is 41.5 Å². The fraction of sp³-hybridized carbons (Fsp3) is 0.459. The molecule has 2 bridgehead atoms. The first-order chi connectivity index (χ1) is 22.3. The van der Waals surface area contributed by atoms with E-state index >= 15 is 0 Å². The third-order valence-corrected chi connectivity index (χ3v) is 15.2. The van der Waals surface area contributed by atoms with Gasteiger partial charge in [0.05, 0.1) is 23.0 Å². The minimum absolute atomic E-state index is 0.120. The number of nitrogens with zero attached hydrogens (tertiary/aromatic N) is 1. The molecule has 10 heteroatoms. The number of fused-ring (bicyclic) bond motifs is 5. The lowest BCUT2D eigenvalue weighted by atomic mass is 9.99. The number of nitrogens with one attached hydrogen (secondary N) is 2. The topological polar surface area (TPSA) is 92.4 Å². The molecular weight excluding hydrogens is 630 g/mol. The number of aryl methyl sites for hydroxylation is 1. The number of anilines is 2. The van der Waals surface area contributed by atoms with E-state index in [9.17, 15) is 9.59 Å². The molecule has 0 radical (unpaired) electrons. The van der Waals surface area contributed by atoms with Gasteiger partial charge in [-0.3, -0.25) is 15.0 Å². The van der Waals surface area contributed by atoms with Crippen LogP contribution in [-0.2, 0) is 31.7 Å². The molecule has 3 fully saturated rings. The first kappa shape index (κ1) is 33.7. The van der Waals surface area contributed by atoms with E-state index in [1.54, 1.807) is 0 Å². The summed E-state index contributed by atoms with van der Waals surface area (Å²) in [5.41, 5.74) is 4.99. The van der Waals surface area contributed by atoms with Crippen LogP contribution in [0.25, 0.3) is 11.1 Å². The highest BCUT2D eigenvalue weighted by Crippen LogP contribution is 2.48. The third kappa shape index (κ3) is 7.60. The lowest BCUT2D eigenvalue weighted by molar-refractivity contribution is -0.116. The van der Waals surface area contributed by atoms with Gasteiger partial charge in [0, 0.05) is 36.9 Å². The number of morpholine rings is 1. The minimum atomic E-state index is -1.89. The van der Waals surface area contributed by atoms with Crippen molar-refractivity contribution in [1.29, 1.82) is 0 Å². The van der Waals surface area contributed by atoms with E-state index in [1.807, 2.05) is 66.7 Å². The molecule has 47 heavy (non-hydrogen) atoms. The van der Waals surface area contributed by atoms with Crippen molar-refractivity contribution in [1.82, 2.24) is 4.90 Å². The Morgan fingerprint density at radius 1 is 0.936 bits per heavy atom. The number of amides is 2. The first-order valence-electron chi connectivity index (χ1n) is 16.5. The molecule has 4 atom stereocenters. The Morgan fingerprint density at radius 3 is 2.28 bits per heavy atom. The average Bonchev–Trinajstić information content (AvgIpc) is 3.79. The van der Waals surface area contributed by atoms with Gasteiger partial charge >= 0.3 is 6.09 Å². The van der Waals surface area contributed by atoms with Gasteiger partial charge in [0.1, 0.15) is 18.3 Å². The maximum atomic E-state index is 13.2. The number of halogens is 1. The highest BCUT2D eigenvalue weighted by atomic mass is 35.5. The zero-order valence-electron chi connectivity index (χ0n) is 28.1. The molecule has 0 saturated carbocycles. The zero-order valence-corrected chi connectivity index (χ0v) is 29.9. The number of benzene rings is 3. The highest BCUT2D eigenvalue weighted by molar-refractivity contribution is 6.74. The van der Waals surface area contributed by atoms with Crippen LogP contribution in [0.4, 0.5) is 16.2 Å². The van der Waals surface area contributed by atoms with Crippen LogP contribution < -0.4 is 10.6 Å². The van der Waals surface area contributed by atoms with Crippen molar-refractivity contribution in [2.75, 3.05) is 17.7 Å². The number of likely N-dealkylation sites (N-methyl/N-ethyl adjacent to an activating group) is 1. The number of hydrogen-bond acceptors (Lipinski definition) is 6. The summed E-state index contributed by atoms with van der Waals surface area (Å²) in [5, 5.41) is 6.57. The molecule has 4 unspecified atom stereocenters. The molecule has 3 aromatic rings. The van der Waals surface area contributed by atoms with Crippen LogP contribution in [0.3, 0.4) is 0 Å². The summed E-state index contributed by atoms with van der Waals surface area (Å²) in [7, 11) is 0.246. The standard InChI is InChI=1S/C37H46ClN3O5Si/c1-37(2,3)47(5,6)44-22-24-13-16-29(28(38)18-24)39-33(42)17-14-23-12-15-27(25-10-8-7-9-11-25)30(19-23)40-36(43)45-26-20-31-34-35(46-34)32(21-26)41(31)4/h7-13,15-16,18-19,26,31-32,34-35H,14,17,20-22H2,1-6H3,(H,39,42)(H,40,43). The predicted molar refractivity (Wildman–Crippen MR) is 189 cm³/mol. The number of carbonyl (C=O) groups excluding carboxylic acids is 2.